The molecule has 0 aliphatic heterocycles. The number of nitrogens with zero attached hydrogens (tertiary/aromatic N) is 3. The van der Waals surface area contributed by atoms with Crippen molar-refractivity contribution in [3.05, 3.63) is 53.4 Å². The summed E-state index contributed by atoms with van der Waals surface area (Å²) in [5, 5.41) is 11.2. The number of hydrogen-bond acceptors (Lipinski definition) is 4. The van der Waals surface area contributed by atoms with Crippen LogP contribution in [0.15, 0.2) is 35.8 Å². The third kappa shape index (κ3) is 8.08. The number of guanidine groups is 1. The molecule has 172 valence electrons. The van der Waals surface area contributed by atoms with Crippen molar-refractivity contribution >= 4 is 29.9 Å². The Kier molecular flexibility index (Phi) is 12.1. The summed E-state index contributed by atoms with van der Waals surface area (Å²) in [5.74, 6) is 2.26. The summed E-state index contributed by atoms with van der Waals surface area (Å²) in [6, 6.07) is 6.17. The van der Waals surface area contributed by atoms with Crippen LogP contribution in [0.3, 0.4) is 0 Å². The number of aliphatic imine (C=N–C) groups is 1. The first-order valence-corrected chi connectivity index (χ1v) is 10.4. The monoisotopic (exact) mass is 541 g/mol. The van der Waals surface area contributed by atoms with Gasteiger partial charge < -0.3 is 20.1 Å². The van der Waals surface area contributed by atoms with Gasteiger partial charge >= 0.3 is 0 Å². The molecule has 0 aliphatic rings. The van der Waals surface area contributed by atoms with E-state index in [1.165, 1.54) is 5.69 Å². The molecule has 7 nitrogen and oxygen atoms in total. The van der Waals surface area contributed by atoms with Gasteiger partial charge in [0.1, 0.15) is 0 Å². The van der Waals surface area contributed by atoms with E-state index in [9.17, 15) is 0 Å². The molecule has 0 atom stereocenters. The summed E-state index contributed by atoms with van der Waals surface area (Å²) in [5.41, 5.74) is 4.35. The zero-order valence-electron chi connectivity index (χ0n) is 19.3. The van der Waals surface area contributed by atoms with Gasteiger partial charge in [-0.2, -0.15) is 5.10 Å². The number of hydrogen-bond donors (Lipinski definition) is 2. The molecule has 0 amide bonds. The zero-order chi connectivity index (χ0) is 21.9. The van der Waals surface area contributed by atoms with E-state index in [-0.39, 0.29) is 24.0 Å². The summed E-state index contributed by atoms with van der Waals surface area (Å²) in [6.45, 7) is 13.0. The Morgan fingerprint density at radius 2 is 1.97 bits per heavy atom. The Morgan fingerprint density at radius 1 is 1.19 bits per heavy atom. The number of benzene rings is 1. The van der Waals surface area contributed by atoms with Gasteiger partial charge in [0.2, 0.25) is 0 Å². The van der Waals surface area contributed by atoms with Crippen LogP contribution < -0.4 is 20.1 Å². The minimum Gasteiger partial charge on any atom is -0.493 e. The smallest absolute Gasteiger partial charge is 0.191 e. The maximum atomic E-state index is 5.51. The Balaban J connectivity index is 0.00000480. The van der Waals surface area contributed by atoms with Crippen LogP contribution in [0.4, 0.5) is 0 Å². The lowest BCUT2D eigenvalue weighted by Gasteiger charge is -2.15. The lowest BCUT2D eigenvalue weighted by molar-refractivity contribution is 0.352. The quantitative estimate of drug-likeness (QED) is 0.148. The lowest BCUT2D eigenvalue weighted by Crippen LogP contribution is -2.38. The maximum absolute atomic E-state index is 5.51. The highest BCUT2D eigenvalue weighted by molar-refractivity contribution is 14.0. The molecule has 1 aromatic heterocycles. The van der Waals surface area contributed by atoms with Gasteiger partial charge in [-0.1, -0.05) is 6.08 Å². The highest BCUT2D eigenvalue weighted by atomic mass is 127. The Labute approximate surface area is 203 Å². The first kappa shape index (κ1) is 26.8. The van der Waals surface area contributed by atoms with Crippen LogP contribution in [0.1, 0.15) is 35.9 Å². The summed E-state index contributed by atoms with van der Waals surface area (Å²) in [6.07, 6.45) is 3.53. The highest BCUT2D eigenvalue weighted by Gasteiger charge is 2.11. The number of methoxy groups -OCH3 is 2. The number of aryl methyl sites for hydroxylation is 3. The molecule has 0 spiro atoms. The summed E-state index contributed by atoms with van der Waals surface area (Å²) in [7, 11) is 3.30. The van der Waals surface area contributed by atoms with E-state index in [1.807, 2.05) is 23.7 Å². The number of allylic oxidation sites excluding steroid dienone is 1. The van der Waals surface area contributed by atoms with E-state index in [2.05, 4.69) is 48.3 Å². The van der Waals surface area contributed by atoms with E-state index in [0.717, 1.165) is 54.6 Å². The van der Waals surface area contributed by atoms with Crippen molar-refractivity contribution in [2.24, 2.45) is 4.99 Å². The van der Waals surface area contributed by atoms with E-state index in [0.29, 0.717) is 18.7 Å². The van der Waals surface area contributed by atoms with E-state index in [1.54, 1.807) is 14.2 Å². The van der Waals surface area contributed by atoms with E-state index < -0.39 is 0 Å². The molecule has 0 fully saturated rings. The van der Waals surface area contributed by atoms with Crippen LogP contribution in [0.25, 0.3) is 0 Å². The van der Waals surface area contributed by atoms with Crippen LogP contribution in [0.5, 0.6) is 11.5 Å². The topological polar surface area (TPSA) is 72.7 Å². The minimum absolute atomic E-state index is 0. The molecule has 1 heterocycles. The molecule has 2 aromatic rings. The van der Waals surface area contributed by atoms with Crippen LogP contribution in [0, 0.1) is 13.8 Å². The first-order valence-electron chi connectivity index (χ1n) is 10.4. The van der Waals surface area contributed by atoms with Crippen LogP contribution in [-0.4, -0.2) is 43.0 Å². The number of ether oxygens (including phenoxy) is 2. The van der Waals surface area contributed by atoms with Crippen molar-refractivity contribution < 1.29 is 9.47 Å². The van der Waals surface area contributed by atoms with Crippen molar-refractivity contribution in [1.29, 1.82) is 0 Å². The molecule has 8 heteroatoms. The molecule has 0 saturated heterocycles. The van der Waals surface area contributed by atoms with E-state index >= 15 is 0 Å². The molecule has 31 heavy (non-hydrogen) atoms. The van der Waals surface area contributed by atoms with Crippen LogP contribution in [0.2, 0.25) is 0 Å². The van der Waals surface area contributed by atoms with Gasteiger partial charge in [-0.25, -0.2) is 4.99 Å². The van der Waals surface area contributed by atoms with Crippen molar-refractivity contribution in [3.63, 3.8) is 0 Å². The standard InChI is InChI=1S/C23H35N5O2.HI/c1-7-10-20-14-19(15-21(29-5)22(20)30-6)16-26-23(24-8-2)25-11-9-12-28-18(4)13-17(3)27-28;/h7,13-15H,1,8-12,16H2,2-6H3,(H2,24,25,26);1H. The molecule has 2 N–H and O–H groups in total. The molecule has 0 bridgehead atoms. The first-order chi connectivity index (χ1) is 14.5. The van der Waals surface area contributed by atoms with Gasteiger partial charge in [0.05, 0.1) is 26.5 Å². The maximum Gasteiger partial charge on any atom is 0.191 e. The summed E-state index contributed by atoms with van der Waals surface area (Å²) >= 11 is 0. The fraction of sp³-hybridized carbons (Fsp3) is 0.478. The molecular formula is C23H36IN5O2. The molecule has 1 aromatic carbocycles. The fourth-order valence-corrected chi connectivity index (χ4v) is 3.35. The average molecular weight is 541 g/mol. The Morgan fingerprint density at radius 3 is 2.55 bits per heavy atom. The number of nitrogens with one attached hydrogen (secondary N) is 2. The predicted octanol–water partition coefficient (Wildman–Crippen LogP) is 4.01. The average Bonchev–Trinajstić information content (AvgIpc) is 3.05. The van der Waals surface area contributed by atoms with Crippen LogP contribution in [-0.2, 0) is 19.5 Å². The third-order valence-electron chi connectivity index (χ3n) is 4.69. The molecule has 0 unspecified atom stereocenters. The second-order valence-corrected chi connectivity index (χ2v) is 7.11. The number of aromatic nitrogens is 2. The molecule has 0 saturated carbocycles. The van der Waals surface area contributed by atoms with Crippen molar-refractivity contribution in [1.82, 2.24) is 20.4 Å². The van der Waals surface area contributed by atoms with Crippen LogP contribution >= 0.6 is 24.0 Å². The number of rotatable bonds is 11. The van der Waals surface area contributed by atoms with E-state index in [4.69, 9.17) is 14.5 Å². The molecular weight excluding hydrogens is 505 g/mol. The predicted molar refractivity (Wildman–Crippen MR) is 138 cm³/mol. The summed E-state index contributed by atoms with van der Waals surface area (Å²) in [4.78, 5) is 4.73. The Bertz CT molecular complexity index is 864. The van der Waals surface area contributed by atoms with Gasteiger partial charge in [-0.3, -0.25) is 4.68 Å². The fourth-order valence-electron chi connectivity index (χ4n) is 3.35. The van der Waals surface area contributed by atoms with Gasteiger partial charge in [0.15, 0.2) is 17.5 Å². The van der Waals surface area contributed by atoms with Gasteiger partial charge in [0.25, 0.3) is 0 Å². The molecule has 0 radical (unpaired) electrons. The molecule has 2 rings (SSSR count). The van der Waals surface area contributed by atoms with Gasteiger partial charge in [-0.15, -0.1) is 30.6 Å². The third-order valence-corrected chi connectivity index (χ3v) is 4.69. The second kappa shape index (κ2) is 14.0. The zero-order valence-corrected chi connectivity index (χ0v) is 21.7. The summed E-state index contributed by atoms with van der Waals surface area (Å²) < 4.78 is 13.1. The van der Waals surface area contributed by atoms with Crippen molar-refractivity contribution in [2.75, 3.05) is 27.3 Å². The largest absolute Gasteiger partial charge is 0.493 e. The minimum atomic E-state index is 0. The number of halogens is 1. The lowest BCUT2D eigenvalue weighted by atomic mass is 10.1. The Hall–Kier alpha value is -2.23. The SMILES string of the molecule is C=CCc1cc(CN=C(NCC)NCCCn2nc(C)cc2C)cc(OC)c1OC.I. The normalized spacial score (nSPS) is 10.9. The molecule has 0 aliphatic carbocycles. The van der Waals surface area contributed by atoms with Gasteiger partial charge in [0, 0.05) is 30.9 Å². The van der Waals surface area contributed by atoms with Crippen molar-refractivity contribution in [2.45, 2.75) is 46.7 Å². The highest BCUT2D eigenvalue weighted by Crippen LogP contribution is 2.33. The second-order valence-electron chi connectivity index (χ2n) is 7.11. The van der Waals surface area contributed by atoms with Crippen molar-refractivity contribution in [3.8, 4) is 11.5 Å². The van der Waals surface area contributed by atoms with Gasteiger partial charge in [-0.05, 0) is 57.4 Å².